The summed E-state index contributed by atoms with van der Waals surface area (Å²) in [6, 6.07) is 9.31. The maximum Gasteiger partial charge on any atom is 0.501 e. The number of carbonyl (C=O) groups excluding carboxylic acids is 1. The topological polar surface area (TPSA) is 63.2 Å². The number of nitrogens with one attached hydrogen (secondary N) is 1. The Balaban J connectivity index is 1.66. The highest BCUT2D eigenvalue weighted by Crippen LogP contribution is 2.41. The van der Waals surface area contributed by atoms with Gasteiger partial charge >= 0.3 is 5.51 Å². The summed E-state index contributed by atoms with van der Waals surface area (Å²) in [5.74, 6) is -0.830. The standard InChI is InChI=1S/C17H13F4NO3S/c18-12-5-1-10(2-6-12)14-9-15(14)22-16(23)11-3-7-13(8-4-11)26(24,25)17(19,20)21/h1-8,14-15H,9H2,(H,22,23)/t14-,15+/m1/s1. The zero-order valence-electron chi connectivity index (χ0n) is 13.1. The fraction of sp³-hybridized carbons (Fsp3) is 0.235. The third-order valence-corrected chi connectivity index (χ3v) is 5.64. The molecule has 0 spiro atoms. The van der Waals surface area contributed by atoms with Crippen molar-refractivity contribution in [3.8, 4) is 0 Å². The Kier molecular flexibility index (Phi) is 4.51. The molecule has 4 nitrogen and oxygen atoms in total. The molecule has 1 N–H and O–H groups in total. The molecule has 2 aromatic rings. The lowest BCUT2D eigenvalue weighted by atomic mass is 10.1. The molecule has 0 bridgehead atoms. The van der Waals surface area contributed by atoms with Crippen LogP contribution in [0, 0.1) is 5.82 Å². The van der Waals surface area contributed by atoms with Crippen LogP contribution in [0.5, 0.6) is 0 Å². The highest BCUT2D eigenvalue weighted by atomic mass is 32.2. The van der Waals surface area contributed by atoms with Gasteiger partial charge in [0.25, 0.3) is 15.7 Å². The number of carbonyl (C=O) groups is 1. The average molecular weight is 387 g/mol. The van der Waals surface area contributed by atoms with Crippen LogP contribution < -0.4 is 5.32 Å². The SMILES string of the molecule is O=C(N[C@H]1C[C@@H]1c1ccc(F)cc1)c1ccc(S(=O)(=O)C(F)(F)F)cc1. The minimum atomic E-state index is -5.44. The van der Waals surface area contributed by atoms with Crippen molar-refractivity contribution in [2.45, 2.75) is 28.8 Å². The van der Waals surface area contributed by atoms with Crippen LogP contribution in [0.1, 0.15) is 28.3 Å². The van der Waals surface area contributed by atoms with E-state index < -0.39 is 26.1 Å². The van der Waals surface area contributed by atoms with Crippen molar-refractivity contribution in [1.29, 1.82) is 0 Å². The van der Waals surface area contributed by atoms with Crippen molar-refractivity contribution in [2.75, 3.05) is 0 Å². The summed E-state index contributed by atoms with van der Waals surface area (Å²) in [5.41, 5.74) is -4.47. The second-order valence-electron chi connectivity index (χ2n) is 5.95. The molecule has 1 amide bonds. The largest absolute Gasteiger partial charge is 0.501 e. The van der Waals surface area contributed by atoms with Crippen molar-refractivity contribution in [3.63, 3.8) is 0 Å². The zero-order chi connectivity index (χ0) is 19.1. The van der Waals surface area contributed by atoms with Crippen LogP contribution in [0.2, 0.25) is 0 Å². The van der Waals surface area contributed by atoms with Crippen molar-refractivity contribution < 1.29 is 30.8 Å². The van der Waals surface area contributed by atoms with E-state index in [1.54, 1.807) is 12.1 Å². The molecule has 2 aromatic carbocycles. The van der Waals surface area contributed by atoms with Gasteiger partial charge in [0.2, 0.25) is 0 Å². The van der Waals surface area contributed by atoms with Crippen LogP contribution in [-0.4, -0.2) is 25.9 Å². The first-order valence-electron chi connectivity index (χ1n) is 7.57. The molecular weight excluding hydrogens is 374 g/mol. The molecule has 1 fully saturated rings. The van der Waals surface area contributed by atoms with E-state index in [2.05, 4.69) is 5.32 Å². The number of halogens is 4. The highest BCUT2D eigenvalue weighted by molar-refractivity contribution is 7.92. The zero-order valence-corrected chi connectivity index (χ0v) is 13.9. The molecule has 0 saturated heterocycles. The van der Waals surface area contributed by atoms with Gasteiger partial charge in [-0.15, -0.1) is 0 Å². The molecule has 26 heavy (non-hydrogen) atoms. The van der Waals surface area contributed by atoms with Gasteiger partial charge in [-0.05, 0) is 48.4 Å². The van der Waals surface area contributed by atoms with Gasteiger partial charge in [0.1, 0.15) is 5.82 Å². The van der Waals surface area contributed by atoms with Crippen molar-refractivity contribution in [3.05, 3.63) is 65.5 Å². The van der Waals surface area contributed by atoms with E-state index in [-0.39, 0.29) is 23.3 Å². The average Bonchev–Trinajstić information content (AvgIpc) is 3.33. The van der Waals surface area contributed by atoms with Gasteiger partial charge in [0.15, 0.2) is 0 Å². The molecule has 0 aromatic heterocycles. The van der Waals surface area contributed by atoms with Gasteiger partial charge < -0.3 is 5.32 Å². The summed E-state index contributed by atoms with van der Waals surface area (Å²) in [6.07, 6.45) is 0.665. The predicted octanol–water partition coefficient (Wildman–Crippen LogP) is 3.41. The van der Waals surface area contributed by atoms with E-state index >= 15 is 0 Å². The van der Waals surface area contributed by atoms with Crippen molar-refractivity contribution in [2.24, 2.45) is 0 Å². The molecule has 1 aliphatic rings. The second-order valence-corrected chi connectivity index (χ2v) is 7.89. The Morgan fingerprint density at radius 1 is 1.00 bits per heavy atom. The van der Waals surface area contributed by atoms with Gasteiger partial charge in [-0.25, -0.2) is 12.8 Å². The van der Waals surface area contributed by atoms with Gasteiger partial charge in [0.05, 0.1) is 4.90 Å². The van der Waals surface area contributed by atoms with E-state index in [1.165, 1.54) is 12.1 Å². The minimum Gasteiger partial charge on any atom is -0.349 e. The summed E-state index contributed by atoms with van der Waals surface area (Å²) in [4.78, 5) is 11.2. The normalized spacial score (nSPS) is 19.8. The van der Waals surface area contributed by atoms with Crippen molar-refractivity contribution >= 4 is 15.7 Å². The molecule has 2 atom stereocenters. The van der Waals surface area contributed by atoms with Crippen molar-refractivity contribution in [1.82, 2.24) is 5.32 Å². The van der Waals surface area contributed by atoms with Gasteiger partial charge in [-0.3, -0.25) is 4.79 Å². The van der Waals surface area contributed by atoms with Gasteiger partial charge in [-0.2, -0.15) is 13.2 Å². The summed E-state index contributed by atoms with van der Waals surface area (Å²) < 4.78 is 73.0. The molecule has 0 unspecified atom stereocenters. The van der Waals surface area contributed by atoms with Crippen LogP contribution in [0.25, 0.3) is 0 Å². The Bertz CT molecular complexity index is 922. The van der Waals surface area contributed by atoms with E-state index in [1.807, 2.05) is 0 Å². The van der Waals surface area contributed by atoms with Crippen LogP contribution in [0.4, 0.5) is 17.6 Å². The summed E-state index contributed by atoms with van der Waals surface area (Å²) in [7, 11) is -5.44. The first kappa shape index (κ1) is 18.4. The number of alkyl halides is 3. The fourth-order valence-electron chi connectivity index (χ4n) is 2.60. The fourth-order valence-corrected chi connectivity index (χ4v) is 3.37. The number of rotatable bonds is 4. The molecule has 0 radical (unpaired) electrons. The minimum absolute atomic E-state index is 0.0458. The molecular formula is C17H13F4NO3S. The third kappa shape index (κ3) is 3.57. The van der Waals surface area contributed by atoms with E-state index in [0.29, 0.717) is 6.42 Å². The number of amides is 1. The van der Waals surface area contributed by atoms with E-state index in [4.69, 9.17) is 0 Å². The summed E-state index contributed by atoms with van der Waals surface area (Å²) >= 11 is 0. The van der Waals surface area contributed by atoms with Crippen LogP contribution in [-0.2, 0) is 9.84 Å². The highest BCUT2D eigenvalue weighted by Gasteiger charge is 2.46. The lowest BCUT2D eigenvalue weighted by molar-refractivity contribution is -0.0436. The smallest absolute Gasteiger partial charge is 0.349 e. The maximum atomic E-state index is 12.9. The molecule has 9 heteroatoms. The van der Waals surface area contributed by atoms with E-state index in [0.717, 1.165) is 29.8 Å². The third-order valence-electron chi connectivity index (χ3n) is 4.14. The van der Waals surface area contributed by atoms with Crippen LogP contribution >= 0.6 is 0 Å². The Morgan fingerprint density at radius 2 is 1.58 bits per heavy atom. The predicted molar refractivity (Wildman–Crippen MR) is 84.7 cm³/mol. The monoisotopic (exact) mass is 387 g/mol. The first-order valence-corrected chi connectivity index (χ1v) is 9.05. The lowest BCUT2D eigenvalue weighted by Crippen LogP contribution is -2.27. The molecule has 138 valence electrons. The van der Waals surface area contributed by atoms with Crippen LogP contribution in [0.15, 0.2) is 53.4 Å². The van der Waals surface area contributed by atoms with E-state index in [9.17, 15) is 30.8 Å². The molecule has 1 saturated carbocycles. The molecule has 0 aliphatic heterocycles. The van der Waals surface area contributed by atoms with Gasteiger partial charge in [-0.1, -0.05) is 12.1 Å². The molecule has 3 rings (SSSR count). The quantitative estimate of drug-likeness (QED) is 0.818. The number of sulfone groups is 1. The summed E-state index contributed by atoms with van der Waals surface area (Å²) in [5, 5.41) is 2.72. The molecule has 1 aliphatic carbocycles. The number of hydrogen-bond donors (Lipinski definition) is 1. The Morgan fingerprint density at radius 3 is 2.12 bits per heavy atom. The summed E-state index contributed by atoms with van der Waals surface area (Å²) in [6.45, 7) is 0. The lowest BCUT2D eigenvalue weighted by Gasteiger charge is -2.09. The number of hydrogen-bond acceptors (Lipinski definition) is 3. The Hall–Kier alpha value is -2.42. The van der Waals surface area contributed by atoms with Crippen LogP contribution in [0.3, 0.4) is 0 Å². The number of benzene rings is 2. The maximum absolute atomic E-state index is 12.9. The Labute approximate surface area is 146 Å². The second kappa shape index (κ2) is 6.39. The van der Waals surface area contributed by atoms with Gasteiger partial charge in [0, 0.05) is 17.5 Å². The first-order chi connectivity index (χ1) is 12.1. The molecule has 0 heterocycles.